The van der Waals surface area contributed by atoms with Crippen molar-refractivity contribution in [3.8, 4) is 0 Å². The normalized spacial score (nSPS) is 17.9. The van der Waals surface area contributed by atoms with Crippen LogP contribution in [0, 0.1) is 19.8 Å². The summed E-state index contributed by atoms with van der Waals surface area (Å²) in [7, 11) is 1.76. The number of carbonyl (C=O) groups excluding carboxylic acids is 1. The fourth-order valence-electron chi connectivity index (χ4n) is 2.89. The Hall–Kier alpha value is -2.04. The molecule has 1 unspecified atom stereocenters. The van der Waals surface area contributed by atoms with E-state index in [9.17, 15) is 9.59 Å². The van der Waals surface area contributed by atoms with Crippen LogP contribution in [0.1, 0.15) is 24.0 Å². The Bertz CT molecular complexity index is 536. The van der Waals surface area contributed by atoms with Gasteiger partial charge in [-0.25, -0.2) is 4.79 Å². The molecule has 5 heteroatoms. The summed E-state index contributed by atoms with van der Waals surface area (Å²) in [6.07, 6.45) is 0.899. The third kappa shape index (κ3) is 3.74. The Morgan fingerprint density at radius 3 is 2.48 bits per heavy atom. The molecular weight excluding hydrogens is 268 g/mol. The zero-order valence-corrected chi connectivity index (χ0v) is 12.8. The summed E-state index contributed by atoms with van der Waals surface area (Å²) in [6.45, 7) is 5.17. The largest absolute Gasteiger partial charge is 0.481 e. The average Bonchev–Trinajstić information content (AvgIpc) is 2.83. The molecule has 1 saturated heterocycles. The molecule has 1 fully saturated rings. The second kappa shape index (κ2) is 6.16. The summed E-state index contributed by atoms with van der Waals surface area (Å²) in [5.41, 5.74) is 3.11. The lowest BCUT2D eigenvalue weighted by Crippen LogP contribution is -2.40. The summed E-state index contributed by atoms with van der Waals surface area (Å²) in [6, 6.07) is 5.97. The Balaban J connectivity index is 2.04. The molecule has 114 valence electrons. The molecule has 21 heavy (non-hydrogen) atoms. The highest BCUT2D eigenvalue weighted by Gasteiger charge is 2.29. The minimum Gasteiger partial charge on any atom is -0.481 e. The van der Waals surface area contributed by atoms with E-state index in [1.165, 1.54) is 0 Å². The van der Waals surface area contributed by atoms with Crippen LogP contribution in [-0.2, 0) is 4.79 Å². The molecule has 0 bridgehead atoms. The number of carboxylic acids is 1. The van der Waals surface area contributed by atoms with Crippen molar-refractivity contribution in [3.63, 3.8) is 0 Å². The molecule has 0 aliphatic carbocycles. The predicted molar refractivity (Wildman–Crippen MR) is 81.6 cm³/mol. The molecular formula is C16H22N2O3. The molecule has 1 heterocycles. The van der Waals surface area contributed by atoms with Gasteiger partial charge in [0.1, 0.15) is 0 Å². The molecule has 0 spiro atoms. The highest BCUT2D eigenvalue weighted by molar-refractivity contribution is 5.91. The summed E-state index contributed by atoms with van der Waals surface area (Å²) in [4.78, 5) is 26.6. The minimum atomic E-state index is -0.794. The number of aliphatic carboxylic acids is 1. The van der Waals surface area contributed by atoms with Crippen LogP contribution in [-0.4, -0.2) is 42.1 Å². The molecule has 0 aromatic heterocycles. The van der Waals surface area contributed by atoms with Crippen LogP contribution in [0.15, 0.2) is 18.2 Å². The van der Waals surface area contributed by atoms with Crippen LogP contribution in [0.5, 0.6) is 0 Å². The van der Waals surface area contributed by atoms with Crippen molar-refractivity contribution in [2.45, 2.75) is 26.7 Å². The number of hydrogen-bond acceptors (Lipinski definition) is 2. The molecule has 1 N–H and O–H groups in total. The fraction of sp³-hybridized carbons (Fsp3) is 0.500. The van der Waals surface area contributed by atoms with Crippen molar-refractivity contribution < 1.29 is 14.7 Å². The molecule has 0 saturated carbocycles. The quantitative estimate of drug-likeness (QED) is 0.931. The van der Waals surface area contributed by atoms with Gasteiger partial charge in [-0.05, 0) is 49.4 Å². The average molecular weight is 290 g/mol. The maximum atomic E-state index is 12.5. The van der Waals surface area contributed by atoms with Gasteiger partial charge in [0.15, 0.2) is 0 Å². The molecule has 1 aliphatic heterocycles. The van der Waals surface area contributed by atoms with E-state index in [1.54, 1.807) is 16.8 Å². The van der Waals surface area contributed by atoms with Crippen molar-refractivity contribution in [2.75, 3.05) is 25.0 Å². The van der Waals surface area contributed by atoms with Gasteiger partial charge in [-0.15, -0.1) is 0 Å². The van der Waals surface area contributed by atoms with Crippen molar-refractivity contribution in [2.24, 2.45) is 5.92 Å². The van der Waals surface area contributed by atoms with E-state index in [2.05, 4.69) is 6.07 Å². The van der Waals surface area contributed by atoms with E-state index in [-0.39, 0.29) is 18.4 Å². The number of benzene rings is 1. The first kappa shape index (κ1) is 15.4. The number of hydrogen-bond donors (Lipinski definition) is 1. The topological polar surface area (TPSA) is 60.9 Å². The van der Waals surface area contributed by atoms with E-state index in [0.717, 1.165) is 23.2 Å². The number of urea groups is 1. The number of nitrogens with zero attached hydrogens (tertiary/aromatic N) is 2. The van der Waals surface area contributed by atoms with Gasteiger partial charge in [0.2, 0.25) is 0 Å². The monoisotopic (exact) mass is 290 g/mol. The van der Waals surface area contributed by atoms with Gasteiger partial charge in [-0.2, -0.15) is 0 Å². The van der Waals surface area contributed by atoms with Crippen molar-refractivity contribution >= 4 is 17.7 Å². The number of carboxylic acid groups (broad SMARTS) is 1. The predicted octanol–water partition coefficient (Wildman–Crippen LogP) is 2.66. The van der Waals surface area contributed by atoms with Gasteiger partial charge in [0.05, 0.1) is 0 Å². The zero-order valence-electron chi connectivity index (χ0n) is 12.8. The number of rotatable bonds is 3. The standard InChI is InChI=1S/C16H22N2O3/c1-11-6-12(2)8-14(7-11)17(3)16(21)18-5-4-13(10-18)9-15(19)20/h6-8,13H,4-5,9-10H2,1-3H3,(H,19,20). The Morgan fingerprint density at radius 1 is 1.29 bits per heavy atom. The van der Waals surface area contributed by atoms with Crippen LogP contribution in [0.4, 0.5) is 10.5 Å². The molecule has 1 aliphatic rings. The van der Waals surface area contributed by atoms with Crippen molar-refractivity contribution in [3.05, 3.63) is 29.3 Å². The minimum absolute atomic E-state index is 0.0621. The maximum absolute atomic E-state index is 12.5. The molecule has 2 rings (SSSR count). The van der Waals surface area contributed by atoms with Crippen molar-refractivity contribution in [1.29, 1.82) is 0 Å². The van der Waals surface area contributed by atoms with E-state index in [0.29, 0.717) is 13.1 Å². The molecule has 0 radical (unpaired) electrons. The van der Waals surface area contributed by atoms with Crippen LogP contribution in [0.25, 0.3) is 0 Å². The van der Waals surface area contributed by atoms with Crippen LogP contribution >= 0.6 is 0 Å². The molecule has 1 aromatic carbocycles. The van der Waals surface area contributed by atoms with E-state index in [1.807, 2.05) is 26.0 Å². The third-order valence-electron chi connectivity index (χ3n) is 3.90. The zero-order chi connectivity index (χ0) is 15.6. The lowest BCUT2D eigenvalue weighted by atomic mass is 10.1. The number of amides is 2. The molecule has 1 atom stereocenters. The Labute approximate surface area is 125 Å². The second-order valence-electron chi connectivity index (χ2n) is 5.89. The number of likely N-dealkylation sites (tertiary alicyclic amines) is 1. The van der Waals surface area contributed by atoms with Crippen molar-refractivity contribution in [1.82, 2.24) is 4.90 Å². The summed E-state index contributed by atoms with van der Waals surface area (Å²) >= 11 is 0. The van der Waals surface area contributed by atoms with Gasteiger partial charge in [-0.3, -0.25) is 9.69 Å². The smallest absolute Gasteiger partial charge is 0.324 e. The van der Waals surface area contributed by atoms with Gasteiger partial charge < -0.3 is 10.0 Å². The lowest BCUT2D eigenvalue weighted by Gasteiger charge is -2.25. The highest BCUT2D eigenvalue weighted by Crippen LogP contribution is 2.23. The van der Waals surface area contributed by atoms with Gasteiger partial charge >= 0.3 is 12.0 Å². The molecule has 2 amide bonds. The summed E-state index contributed by atoms with van der Waals surface area (Å²) < 4.78 is 0. The maximum Gasteiger partial charge on any atom is 0.324 e. The molecule has 5 nitrogen and oxygen atoms in total. The third-order valence-corrected chi connectivity index (χ3v) is 3.90. The number of anilines is 1. The van der Waals surface area contributed by atoms with Gasteiger partial charge in [0, 0.05) is 32.2 Å². The summed E-state index contributed by atoms with van der Waals surface area (Å²) in [5.74, 6) is -0.726. The summed E-state index contributed by atoms with van der Waals surface area (Å²) in [5, 5.41) is 8.83. The molecule has 1 aromatic rings. The van der Waals surface area contributed by atoms with Crippen LogP contribution in [0.3, 0.4) is 0 Å². The first-order valence-electron chi connectivity index (χ1n) is 7.19. The highest BCUT2D eigenvalue weighted by atomic mass is 16.4. The van der Waals surface area contributed by atoms with Crippen LogP contribution < -0.4 is 4.90 Å². The fourth-order valence-corrected chi connectivity index (χ4v) is 2.89. The number of aryl methyl sites for hydroxylation is 2. The van der Waals surface area contributed by atoms with Crippen LogP contribution in [0.2, 0.25) is 0 Å². The van der Waals surface area contributed by atoms with Gasteiger partial charge in [0.25, 0.3) is 0 Å². The van der Waals surface area contributed by atoms with Gasteiger partial charge in [-0.1, -0.05) is 6.07 Å². The first-order valence-corrected chi connectivity index (χ1v) is 7.19. The number of carbonyl (C=O) groups is 2. The van der Waals surface area contributed by atoms with E-state index >= 15 is 0 Å². The SMILES string of the molecule is Cc1cc(C)cc(N(C)C(=O)N2CCC(CC(=O)O)C2)c1. The van der Waals surface area contributed by atoms with E-state index < -0.39 is 5.97 Å². The second-order valence-corrected chi connectivity index (χ2v) is 5.89. The lowest BCUT2D eigenvalue weighted by molar-refractivity contribution is -0.138. The van der Waals surface area contributed by atoms with E-state index in [4.69, 9.17) is 5.11 Å². The first-order chi connectivity index (χ1) is 9.86. The Kier molecular flexibility index (Phi) is 4.50. The Morgan fingerprint density at radius 2 is 1.90 bits per heavy atom.